The summed E-state index contributed by atoms with van der Waals surface area (Å²) in [6.07, 6.45) is 1.95. The Morgan fingerprint density at radius 3 is 2.05 bits per heavy atom. The Labute approximate surface area is 124 Å². The van der Waals surface area contributed by atoms with E-state index in [-0.39, 0.29) is 0 Å². The molecule has 1 rings (SSSR count). The van der Waals surface area contributed by atoms with Crippen LogP contribution >= 0.6 is 0 Å². The number of rotatable bonds is 8. The largest absolute Gasteiger partial charge is 0.387 e. The number of benzene rings is 1. The maximum atomic E-state index is 10.2. The molecule has 2 heteroatoms. The van der Waals surface area contributed by atoms with E-state index < -0.39 is 6.10 Å². The first-order valence-electron chi connectivity index (χ1n) is 7.95. The van der Waals surface area contributed by atoms with Crippen molar-refractivity contribution >= 4 is 0 Å². The summed E-state index contributed by atoms with van der Waals surface area (Å²) in [7, 11) is 0. The van der Waals surface area contributed by atoms with Gasteiger partial charge in [-0.2, -0.15) is 0 Å². The number of nitrogens with one attached hydrogen (secondary N) is 1. The van der Waals surface area contributed by atoms with Gasteiger partial charge in [0.15, 0.2) is 0 Å². The van der Waals surface area contributed by atoms with Gasteiger partial charge in [0.1, 0.15) is 0 Å². The molecule has 0 radical (unpaired) electrons. The minimum absolute atomic E-state index is 0.421. The van der Waals surface area contributed by atoms with E-state index in [0.717, 1.165) is 17.9 Å². The third kappa shape index (κ3) is 5.64. The highest BCUT2D eigenvalue weighted by Crippen LogP contribution is 2.18. The predicted molar refractivity (Wildman–Crippen MR) is 87.0 cm³/mol. The highest BCUT2D eigenvalue weighted by Gasteiger charge is 2.11. The zero-order valence-electron chi connectivity index (χ0n) is 13.7. The number of aliphatic hydroxyl groups excluding tert-OH is 1. The van der Waals surface area contributed by atoms with Crippen LogP contribution in [0, 0.1) is 5.92 Å². The second-order valence-electron chi connectivity index (χ2n) is 6.40. The maximum absolute atomic E-state index is 10.2. The summed E-state index contributed by atoms with van der Waals surface area (Å²) in [5, 5.41) is 13.7. The standard InChI is InChI=1S/C18H31NO/c1-6-14(4)11-15(5)19-12-18(20)17-9-7-16(8-10-17)13(2)3/h7-10,13-15,18-20H,6,11-12H2,1-5H3. The van der Waals surface area contributed by atoms with Gasteiger partial charge < -0.3 is 10.4 Å². The van der Waals surface area contributed by atoms with Crippen molar-refractivity contribution in [3.63, 3.8) is 0 Å². The average molecular weight is 277 g/mol. The molecule has 2 N–H and O–H groups in total. The molecule has 2 nitrogen and oxygen atoms in total. The van der Waals surface area contributed by atoms with Gasteiger partial charge in [-0.05, 0) is 36.3 Å². The van der Waals surface area contributed by atoms with E-state index in [1.54, 1.807) is 0 Å². The van der Waals surface area contributed by atoms with E-state index in [1.807, 2.05) is 12.1 Å². The van der Waals surface area contributed by atoms with Crippen molar-refractivity contribution in [1.29, 1.82) is 0 Å². The molecule has 0 spiro atoms. The first-order valence-corrected chi connectivity index (χ1v) is 7.95. The van der Waals surface area contributed by atoms with Crippen LogP contribution in [0.3, 0.4) is 0 Å². The van der Waals surface area contributed by atoms with Crippen molar-refractivity contribution in [2.45, 2.75) is 65.5 Å². The summed E-state index contributed by atoms with van der Waals surface area (Å²) in [5.41, 5.74) is 2.32. The molecule has 0 heterocycles. The molecule has 0 aliphatic rings. The van der Waals surface area contributed by atoms with Gasteiger partial charge in [-0.15, -0.1) is 0 Å². The predicted octanol–water partition coefficient (Wildman–Crippen LogP) is 4.26. The summed E-state index contributed by atoms with van der Waals surface area (Å²) in [6, 6.07) is 8.77. The molecule has 3 atom stereocenters. The smallest absolute Gasteiger partial charge is 0.0914 e. The molecule has 0 aromatic heterocycles. The normalized spacial score (nSPS) is 16.1. The first-order chi connectivity index (χ1) is 9.43. The number of hydrogen-bond acceptors (Lipinski definition) is 2. The lowest BCUT2D eigenvalue weighted by atomic mass is 9.99. The fourth-order valence-electron chi connectivity index (χ4n) is 2.39. The van der Waals surface area contributed by atoms with E-state index in [1.165, 1.54) is 12.0 Å². The van der Waals surface area contributed by atoms with Gasteiger partial charge in [0.05, 0.1) is 6.10 Å². The van der Waals surface area contributed by atoms with Gasteiger partial charge in [0, 0.05) is 12.6 Å². The zero-order chi connectivity index (χ0) is 15.1. The fraction of sp³-hybridized carbons (Fsp3) is 0.667. The summed E-state index contributed by atoms with van der Waals surface area (Å²) in [5.74, 6) is 1.27. The van der Waals surface area contributed by atoms with Gasteiger partial charge in [0.25, 0.3) is 0 Å². The lowest BCUT2D eigenvalue weighted by molar-refractivity contribution is 0.168. The fourth-order valence-corrected chi connectivity index (χ4v) is 2.39. The van der Waals surface area contributed by atoms with Gasteiger partial charge in [-0.3, -0.25) is 0 Å². The van der Waals surface area contributed by atoms with Crippen molar-refractivity contribution < 1.29 is 5.11 Å². The summed E-state index contributed by atoms with van der Waals surface area (Å²) in [4.78, 5) is 0. The molecular weight excluding hydrogens is 246 g/mol. The van der Waals surface area contributed by atoms with Crippen molar-refractivity contribution in [2.24, 2.45) is 5.92 Å². The average Bonchev–Trinajstić information content (AvgIpc) is 2.44. The third-order valence-electron chi connectivity index (χ3n) is 4.10. The topological polar surface area (TPSA) is 32.3 Å². The molecule has 114 valence electrons. The molecular formula is C18H31NO. The first kappa shape index (κ1) is 17.2. The minimum atomic E-state index is -0.421. The number of aliphatic hydroxyl groups is 1. The lowest BCUT2D eigenvalue weighted by Gasteiger charge is -2.20. The molecule has 0 aliphatic heterocycles. The maximum Gasteiger partial charge on any atom is 0.0914 e. The SMILES string of the molecule is CCC(C)CC(C)NCC(O)c1ccc(C(C)C)cc1. The highest BCUT2D eigenvalue weighted by atomic mass is 16.3. The summed E-state index contributed by atoms with van der Waals surface area (Å²) in [6.45, 7) is 11.7. The second kappa shape index (κ2) is 8.43. The van der Waals surface area contributed by atoms with Crippen LogP contribution in [0.15, 0.2) is 24.3 Å². The van der Waals surface area contributed by atoms with Crippen LogP contribution in [0.25, 0.3) is 0 Å². The molecule has 0 fully saturated rings. The van der Waals surface area contributed by atoms with Crippen LogP contribution in [0.5, 0.6) is 0 Å². The number of hydrogen-bond donors (Lipinski definition) is 2. The van der Waals surface area contributed by atoms with E-state index in [2.05, 4.69) is 52.1 Å². The van der Waals surface area contributed by atoms with E-state index >= 15 is 0 Å². The molecule has 0 amide bonds. The zero-order valence-corrected chi connectivity index (χ0v) is 13.7. The molecule has 0 bridgehead atoms. The molecule has 0 aliphatic carbocycles. The summed E-state index contributed by atoms with van der Waals surface area (Å²) < 4.78 is 0. The van der Waals surface area contributed by atoms with E-state index in [4.69, 9.17) is 0 Å². The van der Waals surface area contributed by atoms with Gasteiger partial charge in [0.2, 0.25) is 0 Å². The molecule has 0 saturated carbocycles. The van der Waals surface area contributed by atoms with E-state index in [9.17, 15) is 5.11 Å². The molecule has 0 saturated heterocycles. The van der Waals surface area contributed by atoms with Gasteiger partial charge in [-0.1, -0.05) is 58.4 Å². The Morgan fingerprint density at radius 2 is 1.55 bits per heavy atom. The Morgan fingerprint density at radius 1 is 1.00 bits per heavy atom. The quantitative estimate of drug-likeness (QED) is 0.744. The van der Waals surface area contributed by atoms with Crippen LogP contribution in [-0.4, -0.2) is 17.7 Å². The van der Waals surface area contributed by atoms with Crippen LogP contribution < -0.4 is 5.32 Å². The minimum Gasteiger partial charge on any atom is -0.387 e. The molecule has 1 aromatic carbocycles. The van der Waals surface area contributed by atoms with Crippen molar-refractivity contribution in [2.75, 3.05) is 6.54 Å². The molecule has 1 aromatic rings. The van der Waals surface area contributed by atoms with Gasteiger partial charge >= 0.3 is 0 Å². The van der Waals surface area contributed by atoms with Crippen LogP contribution in [0.2, 0.25) is 0 Å². The lowest BCUT2D eigenvalue weighted by Crippen LogP contribution is -2.31. The second-order valence-corrected chi connectivity index (χ2v) is 6.40. The Hall–Kier alpha value is -0.860. The van der Waals surface area contributed by atoms with Crippen LogP contribution in [-0.2, 0) is 0 Å². The van der Waals surface area contributed by atoms with Crippen molar-refractivity contribution in [3.05, 3.63) is 35.4 Å². The Bertz CT molecular complexity index is 372. The van der Waals surface area contributed by atoms with Gasteiger partial charge in [-0.25, -0.2) is 0 Å². The highest BCUT2D eigenvalue weighted by molar-refractivity contribution is 5.26. The Balaban J connectivity index is 2.44. The van der Waals surface area contributed by atoms with Crippen molar-refractivity contribution in [3.8, 4) is 0 Å². The van der Waals surface area contributed by atoms with E-state index in [0.29, 0.717) is 18.5 Å². The summed E-state index contributed by atoms with van der Waals surface area (Å²) >= 11 is 0. The van der Waals surface area contributed by atoms with Crippen molar-refractivity contribution in [1.82, 2.24) is 5.32 Å². The van der Waals surface area contributed by atoms with Crippen LogP contribution in [0.1, 0.15) is 70.6 Å². The molecule has 20 heavy (non-hydrogen) atoms. The molecule has 3 unspecified atom stereocenters. The Kier molecular flexibility index (Phi) is 7.25. The monoisotopic (exact) mass is 277 g/mol. The third-order valence-corrected chi connectivity index (χ3v) is 4.10. The van der Waals surface area contributed by atoms with Crippen LogP contribution in [0.4, 0.5) is 0 Å².